The smallest absolute Gasteiger partial charge is 0.411 e. The van der Waals surface area contributed by atoms with Gasteiger partial charge in [-0.1, -0.05) is 0 Å². The molecule has 10 heteroatoms. The minimum atomic E-state index is -4.39. The van der Waals surface area contributed by atoms with E-state index in [9.17, 15) is 22.8 Å². The van der Waals surface area contributed by atoms with Gasteiger partial charge in [0, 0.05) is 13.1 Å². The highest BCUT2D eigenvalue weighted by molar-refractivity contribution is 5.74. The Bertz CT molecular complexity index is 364. The Morgan fingerprint density at radius 2 is 2.00 bits per heavy atom. The Kier molecular flexibility index (Phi) is 6.69. The molecule has 0 aliphatic carbocycles. The van der Waals surface area contributed by atoms with Crippen LogP contribution in [0.15, 0.2) is 0 Å². The fourth-order valence-corrected chi connectivity index (χ4v) is 1.73. The van der Waals surface area contributed by atoms with Crippen LogP contribution < -0.4 is 10.6 Å². The number of carboxylic acid groups (broad SMARTS) is 1. The third kappa shape index (κ3) is 7.71. The summed E-state index contributed by atoms with van der Waals surface area (Å²) in [6, 6.07) is -0.576. The highest BCUT2D eigenvalue weighted by atomic mass is 19.4. The molecule has 7 nitrogen and oxygen atoms in total. The van der Waals surface area contributed by atoms with Crippen LogP contribution in [0, 0.1) is 0 Å². The van der Waals surface area contributed by atoms with E-state index >= 15 is 0 Å². The molecule has 0 aromatic rings. The Labute approximate surface area is 118 Å². The number of carboxylic acids is 1. The first-order valence-corrected chi connectivity index (χ1v) is 6.32. The number of halogens is 3. The van der Waals surface area contributed by atoms with E-state index in [4.69, 9.17) is 9.84 Å². The SMILES string of the molecule is O=C(NCCOCC(F)(F)F)NCC1CCC(C(=O)O)O1. The summed E-state index contributed by atoms with van der Waals surface area (Å²) >= 11 is 0. The van der Waals surface area contributed by atoms with Gasteiger partial charge in [-0.15, -0.1) is 0 Å². The van der Waals surface area contributed by atoms with Gasteiger partial charge in [-0.3, -0.25) is 0 Å². The lowest BCUT2D eigenvalue weighted by atomic mass is 10.2. The number of amides is 2. The van der Waals surface area contributed by atoms with Gasteiger partial charge in [0.2, 0.25) is 0 Å². The highest BCUT2D eigenvalue weighted by Gasteiger charge is 2.30. The van der Waals surface area contributed by atoms with Crippen molar-refractivity contribution in [2.75, 3.05) is 26.3 Å². The first-order valence-electron chi connectivity index (χ1n) is 6.32. The number of alkyl halides is 3. The van der Waals surface area contributed by atoms with Crippen LogP contribution in [-0.2, 0) is 14.3 Å². The standard InChI is InChI=1S/C11H17F3N2O5/c12-11(13,14)6-20-4-3-15-10(19)16-5-7-1-2-8(21-7)9(17)18/h7-8H,1-6H2,(H,17,18)(H2,15,16,19). The zero-order valence-corrected chi connectivity index (χ0v) is 11.1. The molecule has 2 unspecified atom stereocenters. The highest BCUT2D eigenvalue weighted by Crippen LogP contribution is 2.19. The van der Waals surface area contributed by atoms with Crippen LogP contribution in [0.25, 0.3) is 0 Å². The van der Waals surface area contributed by atoms with Gasteiger partial charge in [-0.25, -0.2) is 9.59 Å². The topological polar surface area (TPSA) is 96.9 Å². The van der Waals surface area contributed by atoms with E-state index in [1.54, 1.807) is 0 Å². The second kappa shape index (κ2) is 8.03. The summed E-state index contributed by atoms with van der Waals surface area (Å²) in [6.45, 7) is -1.54. The molecular weight excluding hydrogens is 297 g/mol. The molecule has 0 aromatic carbocycles. The molecule has 0 radical (unpaired) electrons. The fraction of sp³-hybridized carbons (Fsp3) is 0.818. The fourth-order valence-electron chi connectivity index (χ4n) is 1.73. The van der Waals surface area contributed by atoms with E-state index in [1.807, 2.05) is 0 Å². The molecule has 0 saturated carbocycles. The van der Waals surface area contributed by atoms with Gasteiger partial charge in [0.25, 0.3) is 0 Å². The van der Waals surface area contributed by atoms with Gasteiger partial charge >= 0.3 is 18.2 Å². The van der Waals surface area contributed by atoms with E-state index in [0.717, 1.165) is 0 Å². The van der Waals surface area contributed by atoms with Gasteiger partial charge < -0.3 is 25.2 Å². The number of carbonyl (C=O) groups excluding carboxylic acids is 1. The molecule has 0 bridgehead atoms. The van der Waals surface area contributed by atoms with Crippen molar-refractivity contribution in [3.05, 3.63) is 0 Å². The molecular formula is C11H17F3N2O5. The van der Waals surface area contributed by atoms with Crippen LogP contribution in [0.3, 0.4) is 0 Å². The third-order valence-electron chi connectivity index (χ3n) is 2.67. The lowest BCUT2D eigenvalue weighted by molar-refractivity contribution is -0.173. The molecule has 1 aliphatic heterocycles. The molecule has 0 spiro atoms. The number of carbonyl (C=O) groups is 2. The molecule has 3 N–H and O–H groups in total. The van der Waals surface area contributed by atoms with Crippen molar-refractivity contribution in [1.82, 2.24) is 10.6 Å². The number of urea groups is 1. The lowest BCUT2D eigenvalue weighted by Crippen LogP contribution is -2.41. The van der Waals surface area contributed by atoms with Crippen molar-refractivity contribution in [3.63, 3.8) is 0 Å². The van der Waals surface area contributed by atoms with E-state index in [0.29, 0.717) is 12.8 Å². The van der Waals surface area contributed by atoms with E-state index in [2.05, 4.69) is 15.4 Å². The average Bonchev–Trinajstić information content (AvgIpc) is 2.83. The van der Waals surface area contributed by atoms with Gasteiger partial charge in [0.15, 0.2) is 6.10 Å². The van der Waals surface area contributed by atoms with Crippen LogP contribution in [0.2, 0.25) is 0 Å². The van der Waals surface area contributed by atoms with Gasteiger partial charge in [0.05, 0.1) is 12.7 Å². The molecule has 1 rings (SSSR count). The summed E-state index contributed by atoms with van der Waals surface area (Å²) in [4.78, 5) is 21.9. The molecule has 1 fully saturated rings. The molecule has 2 amide bonds. The van der Waals surface area contributed by atoms with Gasteiger partial charge in [-0.05, 0) is 12.8 Å². The summed E-state index contributed by atoms with van der Waals surface area (Å²) in [7, 11) is 0. The van der Waals surface area contributed by atoms with Crippen molar-refractivity contribution >= 4 is 12.0 Å². The first-order chi connectivity index (χ1) is 9.78. The number of ether oxygens (including phenoxy) is 2. The number of rotatable bonds is 7. The van der Waals surface area contributed by atoms with Crippen LogP contribution in [0.1, 0.15) is 12.8 Å². The number of hydrogen-bond acceptors (Lipinski definition) is 4. The summed E-state index contributed by atoms with van der Waals surface area (Å²) in [6.07, 6.45) is -4.71. The van der Waals surface area contributed by atoms with Gasteiger partial charge in [-0.2, -0.15) is 13.2 Å². The summed E-state index contributed by atoms with van der Waals surface area (Å²) in [5, 5.41) is 13.5. The molecule has 21 heavy (non-hydrogen) atoms. The quantitative estimate of drug-likeness (QED) is 0.595. The maximum atomic E-state index is 11.7. The lowest BCUT2D eigenvalue weighted by Gasteiger charge is -2.13. The van der Waals surface area contributed by atoms with E-state index in [-0.39, 0.29) is 25.8 Å². The second-order valence-electron chi connectivity index (χ2n) is 4.47. The number of hydrogen-bond donors (Lipinski definition) is 3. The average molecular weight is 314 g/mol. The van der Waals surface area contributed by atoms with Crippen LogP contribution in [0.4, 0.5) is 18.0 Å². The zero-order chi connectivity index (χ0) is 15.9. The normalized spacial score (nSPS) is 22.0. The number of nitrogens with one attached hydrogen (secondary N) is 2. The maximum Gasteiger partial charge on any atom is 0.411 e. The van der Waals surface area contributed by atoms with Crippen molar-refractivity contribution in [3.8, 4) is 0 Å². The summed E-state index contributed by atoms with van der Waals surface area (Å²) in [5.74, 6) is -1.04. The van der Waals surface area contributed by atoms with Crippen molar-refractivity contribution in [2.24, 2.45) is 0 Å². The largest absolute Gasteiger partial charge is 0.479 e. The van der Waals surface area contributed by atoms with Crippen molar-refractivity contribution < 1.29 is 37.3 Å². The van der Waals surface area contributed by atoms with Crippen molar-refractivity contribution in [1.29, 1.82) is 0 Å². The van der Waals surface area contributed by atoms with E-state index < -0.39 is 30.9 Å². The molecule has 122 valence electrons. The Balaban J connectivity index is 2.03. The maximum absolute atomic E-state index is 11.7. The third-order valence-corrected chi connectivity index (χ3v) is 2.67. The predicted molar refractivity (Wildman–Crippen MR) is 63.8 cm³/mol. The Hall–Kier alpha value is -1.55. The Morgan fingerprint density at radius 1 is 1.29 bits per heavy atom. The Morgan fingerprint density at radius 3 is 2.57 bits per heavy atom. The zero-order valence-electron chi connectivity index (χ0n) is 11.1. The molecule has 1 heterocycles. The van der Waals surface area contributed by atoms with Crippen LogP contribution >= 0.6 is 0 Å². The molecule has 2 atom stereocenters. The molecule has 1 aliphatic rings. The second-order valence-corrected chi connectivity index (χ2v) is 4.47. The summed E-state index contributed by atoms with van der Waals surface area (Å²) in [5.41, 5.74) is 0. The monoisotopic (exact) mass is 314 g/mol. The predicted octanol–water partition coefficient (Wildman–Crippen LogP) is 0.497. The molecule has 0 aromatic heterocycles. The van der Waals surface area contributed by atoms with E-state index in [1.165, 1.54) is 0 Å². The van der Waals surface area contributed by atoms with Gasteiger partial charge in [0.1, 0.15) is 6.61 Å². The number of aliphatic carboxylic acids is 1. The minimum absolute atomic E-state index is 0.0643. The van der Waals surface area contributed by atoms with Crippen molar-refractivity contribution in [2.45, 2.75) is 31.2 Å². The minimum Gasteiger partial charge on any atom is -0.479 e. The van der Waals surface area contributed by atoms with Crippen LogP contribution in [-0.4, -0.2) is 61.8 Å². The molecule has 1 saturated heterocycles. The van der Waals surface area contributed by atoms with Crippen LogP contribution in [0.5, 0.6) is 0 Å². The summed E-state index contributed by atoms with van der Waals surface area (Å²) < 4.78 is 44.7. The first kappa shape index (κ1) is 17.5.